The molecule has 0 saturated heterocycles. The van der Waals surface area contributed by atoms with Crippen LogP contribution in [0.25, 0.3) is 11.4 Å². The van der Waals surface area contributed by atoms with Crippen LogP contribution in [0.4, 0.5) is 0 Å². The maximum absolute atomic E-state index is 5.79. The zero-order chi connectivity index (χ0) is 16.9. The third kappa shape index (κ3) is 3.32. The Morgan fingerprint density at radius 2 is 1.71 bits per heavy atom. The first-order valence-corrected chi connectivity index (χ1v) is 7.49. The van der Waals surface area contributed by atoms with E-state index in [0.717, 1.165) is 11.3 Å². The summed E-state index contributed by atoms with van der Waals surface area (Å²) in [6.45, 7) is 1.86. The van der Waals surface area contributed by atoms with Crippen LogP contribution in [-0.2, 0) is 0 Å². The molecule has 24 heavy (non-hydrogen) atoms. The van der Waals surface area contributed by atoms with Crippen LogP contribution in [-0.4, -0.2) is 24.4 Å². The molecular formula is C18H18N2O4. The van der Waals surface area contributed by atoms with Crippen molar-refractivity contribution in [3.05, 3.63) is 54.4 Å². The summed E-state index contributed by atoms with van der Waals surface area (Å²) in [6, 6.07) is 14.9. The van der Waals surface area contributed by atoms with Crippen LogP contribution >= 0.6 is 0 Å². The number of nitrogens with zero attached hydrogens (tertiary/aromatic N) is 2. The molecule has 0 bridgehead atoms. The number of para-hydroxylation sites is 1. The van der Waals surface area contributed by atoms with E-state index in [0.29, 0.717) is 23.2 Å². The van der Waals surface area contributed by atoms with Gasteiger partial charge in [0.2, 0.25) is 5.82 Å². The van der Waals surface area contributed by atoms with Gasteiger partial charge in [-0.3, -0.25) is 0 Å². The highest BCUT2D eigenvalue weighted by Crippen LogP contribution is 2.31. The van der Waals surface area contributed by atoms with Crippen molar-refractivity contribution in [3.8, 4) is 28.6 Å². The third-order valence-corrected chi connectivity index (χ3v) is 3.49. The first-order valence-electron chi connectivity index (χ1n) is 7.49. The normalized spacial score (nSPS) is 11.8. The molecule has 1 unspecified atom stereocenters. The van der Waals surface area contributed by atoms with Gasteiger partial charge in [0.05, 0.1) is 14.2 Å². The zero-order valence-electron chi connectivity index (χ0n) is 13.7. The number of ether oxygens (including phenoxy) is 3. The summed E-state index contributed by atoms with van der Waals surface area (Å²) < 4.78 is 21.6. The van der Waals surface area contributed by atoms with E-state index in [2.05, 4.69) is 10.1 Å². The Morgan fingerprint density at radius 3 is 2.42 bits per heavy atom. The van der Waals surface area contributed by atoms with Crippen LogP contribution in [0.2, 0.25) is 0 Å². The van der Waals surface area contributed by atoms with Gasteiger partial charge >= 0.3 is 0 Å². The molecule has 1 heterocycles. The van der Waals surface area contributed by atoms with Gasteiger partial charge in [-0.05, 0) is 37.3 Å². The van der Waals surface area contributed by atoms with E-state index in [1.54, 1.807) is 26.4 Å². The highest BCUT2D eigenvalue weighted by atomic mass is 16.5. The summed E-state index contributed by atoms with van der Waals surface area (Å²) in [6.07, 6.45) is -0.353. The Balaban J connectivity index is 1.80. The van der Waals surface area contributed by atoms with Gasteiger partial charge < -0.3 is 18.7 Å². The monoisotopic (exact) mass is 326 g/mol. The molecule has 0 saturated carbocycles. The van der Waals surface area contributed by atoms with Crippen molar-refractivity contribution < 1.29 is 18.7 Å². The summed E-state index contributed by atoms with van der Waals surface area (Å²) in [5.74, 6) is 2.87. The molecule has 2 aromatic carbocycles. The van der Waals surface area contributed by atoms with Crippen molar-refractivity contribution in [3.63, 3.8) is 0 Å². The van der Waals surface area contributed by atoms with E-state index in [1.165, 1.54) is 0 Å². The molecule has 0 N–H and O–H groups in total. The highest BCUT2D eigenvalue weighted by Gasteiger charge is 2.17. The lowest BCUT2D eigenvalue weighted by Crippen LogP contribution is -2.03. The molecule has 3 aromatic rings. The van der Waals surface area contributed by atoms with Crippen LogP contribution in [0.5, 0.6) is 17.2 Å². The SMILES string of the molecule is COc1ccc(-c2noc(C(C)Oc3ccccc3)n2)cc1OC. The average Bonchev–Trinajstić information content (AvgIpc) is 3.12. The fraction of sp³-hybridized carbons (Fsp3) is 0.222. The van der Waals surface area contributed by atoms with Crippen molar-refractivity contribution in [1.29, 1.82) is 0 Å². The van der Waals surface area contributed by atoms with Crippen molar-refractivity contribution in [2.45, 2.75) is 13.0 Å². The Hall–Kier alpha value is -3.02. The fourth-order valence-corrected chi connectivity index (χ4v) is 2.25. The third-order valence-electron chi connectivity index (χ3n) is 3.49. The molecule has 6 nitrogen and oxygen atoms in total. The van der Waals surface area contributed by atoms with Crippen molar-refractivity contribution in [2.75, 3.05) is 14.2 Å². The number of benzene rings is 2. The minimum absolute atomic E-state index is 0.353. The number of hydrogen-bond donors (Lipinski definition) is 0. The second-order valence-corrected chi connectivity index (χ2v) is 5.10. The van der Waals surface area contributed by atoms with Gasteiger partial charge in [0.15, 0.2) is 17.6 Å². The first-order chi connectivity index (χ1) is 11.7. The van der Waals surface area contributed by atoms with Crippen LogP contribution < -0.4 is 14.2 Å². The standard InChI is InChI=1S/C18H18N2O4/c1-12(23-14-7-5-4-6-8-14)18-19-17(20-24-18)13-9-10-15(21-2)16(11-13)22-3/h4-12H,1-3H3. The van der Waals surface area contributed by atoms with Gasteiger partial charge in [-0.15, -0.1) is 0 Å². The summed E-state index contributed by atoms with van der Waals surface area (Å²) in [5.41, 5.74) is 0.773. The number of rotatable bonds is 6. The highest BCUT2D eigenvalue weighted by molar-refractivity contribution is 5.60. The smallest absolute Gasteiger partial charge is 0.267 e. The lowest BCUT2D eigenvalue weighted by atomic mass is 10.2. The summed E-state index contributed by atoms with van der Waals surface area (Å²) in [4.78, 5) is 4.41. The topological polar surface area (TPSA) is 66.6 Å². The Labute approximate surface area is 140 Å². The average molecular weight is 326 g/mol. The van der Waals surface area contributed by atoms with E-state index >= 15 is 0 Å². The molecule has 1 atom stereocenters. The van der Waals surface area contributed by atoms with E-state index in [-0.39, 0.29) is 6.10 Å². The number of methoxy groups -OCH3 is 2. The van der Waals surface area contributed by atoms with Crippen LogP contribution in [0.3, 0.4) is 0 Å². The molecule has 0 fully saturated rings. The molecular weight excluding hydrogens is 308 g/mol. The predicted octanol–water partition coefficient (Wildman–Crippen LogP) is 3.89. The van der Waals surface area contributed by atoms with Crippen molar-refractivity contribution >= 4 is 0 Å². The quantitative estimate of drug-likeness (QED) is 0.684. The van der Waals surface area contributed by atoms with Gasteiger partial charge in [-0.1, -0.05) is 23.4 Å². The maximum Gasteiger partial charge on any atom is 0.267 e. The van der Waals surface area contributed by atoms with Gasteiger partial charge in [0.25, 0.3) is 5.89 Å². The van der Waals surface area contributed by atoms with Gasteiger partial charge in [-0.25, -0.2) is 0 Å². The molecule has 0 aliphatic rings. The second-order valence-electron chi connectivity index (χ2n) is 5.10. The minimum Gasteiger partial charge on any atom is -0.493 e. The Bertz CT molecular complexity index is 802. The molecule has 0 aliphatic carbocycles. The summed E-state index contributed by atoms with van der Waals surface area (Å²) in [7, 11) is 3.17. The van der Waals surface area contributed by atoms with Crippen molar-refractivity contribution in [2.24, 2.45) is 0 Å². The van der Waals surface area contributed by atoms with E-state index in [9.17, 15) is 0 Å². The van der Waals surface area contributed by atoms with Gasteiger partial charge in [-0.2, -0.15) is 4.98 Å². The molecule has 124 valence electrons. The van der Waals surface area contributed by atoms with Crippen LogP contribution in [0.1, 0.15) is 18.9 Å². The van der Waals surface area contributed by atoms with Crippen molar-refractivity contribution in [1.82, 2.24) is 10.1 Å². The maximum atomic E-state index is 5.79. The van der Waals surface area contributed by atoms with Crippen LogP contribution in [0, 0.1) is 0 Å². The molecule has 0 radical (unpaired) electrons. The van der Waals surface area contributed by atoms with Crippen LogP contribution in [0.15, 0.2) is 53.1 Å². The van der Waals surface area contributed by atoms with Gasteiger partial charge in [0.1, 0.15) is 5.75 Å². The Kier molecular flexibility index (Phi) is 4.65. The zero-order valence-corrected chi connectivity index (χ0v) is 13.7. The van der Waals surface area contributed by atoms with E-state index in [4.69, 9.17) is 18.7 Å². The lowest BCUT2D eigenvalue weighted by Gasteiger charge is -2.10. The molecule has 0 aliphatic heterocycles. The van der Waals surface area contributed by atoms with Gasteiger partial charge in [0, 0.05) is 5.56 Å². The summed E-state index contributed by atoms with van der Waals surface area (Å²) in [5, 5.41) is 4.02. The number of hydrogen-bond acceptors (Lipinski definition) is 6. The Morgan fingerprint density at radius 1 is 0.958 bits per heavy atom. The molecule has 0 spiro atoms. The number of aromatic nitrogens is 2. The fourth-order valence-electron chi connectivity index (χ4n) is 2.25. The van der Waals surface area contributed by atoms with E-state index in [1.807, 2.05) is 43.3 Å². The van der Waals surface area contributed by atoms with E-state index < -0.39 is 0 Å². The largest absolute Gasteiger partial charge is 0.493 e. The molecule has 6 heteroatoms. The second kappa shape index (κ2) is 7.04. The molecule has 3 rings (SSSR count). The predicted molar refractivity (Wildman–Crippen MR) is 88.3 cm³/mol. The molecule has 1 aromatic heterocycles. The lowest BCUT2D eigenvalue weighted by molar-refractivity contribution is 0.176. The summed E-state index contributed by atoms with van der Waals surface area (Å²) >= 11 is 0. The minimum atomic E-state index is -0.353. The molecule has 0 amide bonds. The first kappa shape index (κ1) is 15.9.